The van der Waals surface area contributed by atoms with Gasteiger partial charge in [-0.3, -0.25) is 4.79 Å². The molecule has 0 aliphatic rings. The molecular weight excluding hydrogens is 515 g/mol. The van der Waals surface area contributed by atoms with Crippen LogP contribution >= 0.6 is 23.2 Å². The maximum atomic E-state index is 12.6. The van der Waals surface area contributed by atoms with Crippen LogP contribution in [-0.2, 0) is 11.2 Å². The number of amides is 1. The van der Waals surface area contributed by atoms with Crippen LogP contribution in [0, 0.1) is 0 Å². The maximum absolute atomic E-state index is 12.6. The van der Waals surface area contributed by atoms with Crippen molar-refractivity contribution < 1.29 is 23.8 Å². The molecule has 0 unspecified atom stereocenters. The van der Waals surface area contributed by atoms with Crippen LogP contribution in [-0.4, -0.2) is 31.3 Å². The average Bonchev–Trinajstić information content (AvgIpc) is 2.88. The monoisotopic (exact) mass is 542 g/mol. The molecular formula is C28H28Cl2N2O5. The van der Waals surface area contributed by atoms with Gasteiger partial charge in [-0.05, 0) is 79.4 Å². The first-order chi connectivity index (χ1) is 17.9. The number of benzene rings is 3. The van der Waals surface area contributed by atoms with Gasteiger partial charge in [-0.25, -0.2) is 10.2 Å². The topological polar surface area (TPSA) is 86.2 Å². The molecule has 37 heavy (non-hydrogen) atoms. The summed E-state index contributed by atoms with van der Waals surface area (Å²) >= 11 is 12.0. The van der Waals surface area contributed by atoms with Gasteiger partial charge in [0.2, 0.25) is 0 Å². The zero-order valence-corrected chi connectivity index (χ0v) is 22.1. The number of hydrogen-bond acceptors (Lipinski definition) is 6. The van der Waals surface area contributed by atoms with Gasteiger partial charge in [0.1, 0.15) is 5.75 Å². The second kappa shape index (κ2) is 14.3. The molecule has 0 radical (unpaired) electrons. The number of nitrogens with one attached hydrogen (secondary N) is 1. The smallest absolute Gasteiger partial charge is 0.345 e. The lowest BCUT2D eigenvalue weighted by atomic mass is 10.1. The summed E-state index contributed by atoms with van der Waals surface area (Å²) in [6.07, 6.45) is 4.75. The Balaban J connectivity index is 1.55. The first-order valence-corrected chi connectivity index (χ1v) is 12.6. The summed E-state index contributed by atoms with van der Waals surface area (Å²) in [6, 6.07) is 17.1. The van der Waals surface area contributed by atoms with Gasteiger partial charge in [0.05, 0.1) is 23.4 Å². The zero-order valence-electron chi connectivity index (χ0n) is 20.6. The highest BCUT2D eigenvalue weighted by Gasteiger charge is 2.16. The second-order valence-electron chi connectivity index (χ2n) is 7.98. The third-order valence-corrected chi connectivity index (χ3v) is 5.68. The van der Waals surface area contributed by atoms with E-state index in [1.165, 1.54) is 23.9 Å². The largest absolute Gasteiger partial charge is 0.490 e. The minimum atomic E-state index is -0.646. The molecule has 0 bridgehead atoms. The number of carbonyl (C=O) groups is 2. The Hall–Kier alpha value is -3.55. The van der Waals surface area contributed by atoms with Gasteiger partial charge < -0.3 is 14.2 Å². The Kier molecular flexibility index (Phi) is 10.8. The highest BCUT2D eigenvalue weighted by Crippen LogP contribution is 2.30. The molecule has 3 aromatic carbocycles. The Labute approximate surface area is 226 Å². The molecule has 3 aromatic rings. The van der Waals surface area contributed by atoms with Crippen LogP contribution < -0.4 is 19.6 Å². The summed E-state index contributed by atoms with van der Waals surface area (Å²) < 4.78 is 16.6. The Bertz CT molecular complexity index is 1250. The quantitative estimate of drug-likeness (QED) is 0.122. The highest BCUT2D eigenvalue weighted by molar-refractivity contribution is 6.36. The lowest BCUT2D eigenvalue weighted by molar-refractivity contribution is -0.123. The van der Waals surface area contributed by atoms with Gasteiger partial charge in [-0.1, -0.05) is 48.7 Å². The van der Waals surface area contributed by atoms with Crippen molar-refractivity contribution in [1.29, 1.82) is 0 Å². The van der Waals surface area contributed by atoms with Gasteiger partial charge in [0, 0.05) is 5.02 Å². The van der Waals surface area contributed by atoms with Gasteiger partial charge in [-0.2, -0.15) is 5.10 Å². The van der Waals surface area contributed by atoms with Crippen molar-refractivity contribution >= 4 is 41.3 Å². The number of rotatable bonds is 12. The molecule has 0 saturated carbocycles. The van der Waals surface area contributed by atoms with E-state index in [-0.39, 0.29) is 22.9 Å². The van der Waals surface area contributed by atoms with Crippen molar-refractivity contribution in [2.45, 2.75) is 33.1 Å². The van der Waals surface area contributed by atoms with Crippen molar-refractivity contribution in [2.24, 2.45) is 5.10 Å². The second-order valence-corrected chi connectivity index (χ2v) is 8.83. The molecule has 7 nitrogen and oxygen atoms in total. The molecule has 0 aliphatic heterocycles. The number of unbranched alkanes of at least 4 members (excludes halogenated alkanes) is 1. The molecule has 0 fully saturated rings. The van der Waals surface area contributed by atoms with E-state index in [1.807, 2.05) is 24.3 Å². The Morgan fingerprint density at radius 2 is 1.73 bits per heavy atom. The third kappa shape index (κ3) is 8.81. The molecule has 1 N–H and O–H groups in total. The van der Waals surface area contributed by atoms with Crippen LogP contribution in [0.15, 0.2) is 65.8 Å². The van der Waals surface area contributed by atoms with E-state index in [4.69, 9.17) is 37.4 Å². The predicted molar refractivity (Wildman–Crippen MR) is 145 cm³/mol. The Morgan fingerprint density at radius 3 is 2.43 bits per heavy atom. The highest BCUT2D eigenvalue weighted by atomic mass is 35.5. The average molecular weight is 543 g/mol. The molecule has 0 heterocycles. The number of aryl methyl sites for hydroxylation is 1. The number of ether oxygens (including phenoxy) is 3. The molecule has 194 valence electrons. The molecule has 0 atom stereocenters. The van der Waals surface area contributed by atoms with Gasteiger partial charge in [0.15, 0.2) is 18.1 Å². The van der Waals surface area contributed by atoms with Gasteiger partial charge >= 0.3 is 5.97 Å². The van der Waals surface area contributed by atoms with Crippen molar-refractivity contribution in [3.05, 3.63) is 87.4 Å². The predicted octanol–water partition coefficient (Wildman–Crippen LogP) is 6.48. The van der Waals surface area contributed by atoms with Crippen LogP contribution in [0.4, 0.5) is 0 Å². The summed E-state index contributed by atoms with van der Waals surface area (Å²) in [5, 5.41) is 4.56. The Morgan fingerprint density at radius 1 is 0.946 bits per heavy atom. The minimum Gasteiger partial charge on any atom is -0.490 e. The van der Waals surface area contributed by atoms with Gasteiger partial charge in [-0.15, -0.1) is 0 Å². The number of hydrogen-bond donors (Lipinski definition) is 1. The summed E-state index contributed by atoms with van der Waals surface area (Å²) in [7, 11) is 0. The summed E-state index contributed by atoms with van der Waals surface area (Å²) in [5.74, 6) is 0.120. The first-order valence-electron chi connectivity index (χ1n) is 11.9. The molecule has 9 heteroatoms. The molecule has 0 aromatic heterocycles. The molecule has 0 spiro atoms. The molecule has 3 rings (SSSR count). The summed E-state index contributed by atoms with van der Waals surface area (Å²) in [4.78, 5) is 24.7. The fourth-order valence-electron chi connectivity index (χ4n) is 3.26. The molecule has 0 saturated heterocycles. The van der Waals surface area contributed by atoms with E-state index in [0.717, 1.165) is 19.3 Å². The summed E-state index contributed by atoms with van der Waals surface area (Å²) in [6.45, 7) is 4.14. The molecule has 1 amide bonds. The van der Waals surface area contributed by atoms with E-state index in [2.05, 4.69) is 17.5 Å². The van der Waals surface area contributed by atoms with Crippen LogP contribution in [0.3, 0.4) is 0 Å². The zero-order chi connectivity index (χ0) is 26.6. The number of nitrogens with zero attached hydrogens (tertiary/aromatic N) is 1. The van der Waals surface area contributed by atoms with Crippen molar-refractivity contribution in [3.8, 4) is 17.2 Å². The fourth-order valence-corrected chi connectivity index (χ4v) is 3.75. The lowest BCUT2D eigenvalue weighted by Gasteiger charge is -2.12. The fraction of sp³-hybridized carbons (Fsp3) is 0.250. The lowest BCUT2D eigenvalue weighted by Crippen LogP contribution is -2.24. The molecule has 0 aliphatic carbocycles. The number of carbonyl (C=O) groups excluding carboxylic acids is 2. The minimum absolute atomic E-state index is 0.169. The van der Waals surface area contributed by atoms with Crippen LogP contribution in [0.25, 0.3) is 0 Å². The number of hydrazone groups is 1. The first kappa shape index (κ1) is 28.0. The maximum Gasteiger partial charge on any atom is 0.345 e. The standard InChI is InChI=1S/C28H28Cl2N2O5/c1-3-5-6-19-7-11-22(12-8-19)36-18-27(33)32-31-17-20-9-14-25(26(15-20)35-4-2)37-28(34)23-13-10-21(29)16-24(23)30/h7-17H,3-6,18H2,1-2H3,(H,32,33). The van der Waals surface area contributed by atoms with Crippen LogP contribution in [0.1, 0.15) is 48.2 Å². The van der Waals surface area contributed by atoms with Crippen LogP contribution in [0.2, 0.25) is 10.0 Å². The van der Waals surface area contributed by atoms with E-state index in [9.17, 15) is 9.59 Å². The van der Waals surface area contributed by atoms with Crippen molar-refractivity contribution in [2.75, 3.05) is 13.2 Å². The van der Waals surface area contributed by atoms with E-state index < -0.39 is 11.9 Å². The van der Waals surface area contributed by atoms with Crippen molar-refractivity contribution in [3.63, 3.8) is 0 Å². The van der Waals surface area contributed by atoms with E-state index in [1.54, 1.807) is 31.2 Å². The number of esters is 1. The van der Waals surface area contributed by atoms with E-state index >= 15 is 0 Å². The normalized spacial score (nSPS) is 10.8. The van der Waals surface area contributed by atoms with Gasteiger partial charge in [0.25, 0.3) is 5.91 Å². The van der Waals surface area contributed by atoms with Crippen LogP contribution in [0.5, 0.6) is 17.2 Å². The van der Waals surface area contributed by atoms with E-state index in [0.29, 0.717) is 28.7 Å². The SMILES string of the molecule is CCCCc1ccc(OCC(=O)NN=Cc2ccc(OC(=O)c3ccc(Cl)cc3Cl)c(OCC)c2)cc1. The van der Waals surface area contributed by atoms with Crippen molar-refractivity contribution in [1.82, 2.24) is 5.43 Å². The third-order valence-electron chi connectivity index (χ3n) is 5.14. The number of halogens is 2. The summed E-state index contributed by atoms with van der Waals surface area (Å²) in [5.41, 5.74) is 4.46.